The summed E-state index contributed by atoms with van der Waals surface area (Å²) >= 11 is 3.07. The Balaban J connectivity index is 1.78. The predicted octanol–water partition coefficient (Wildman–Crippen LogP) is 4.97. The minimum absolute atomic E-state index is 0.140. The van der Waals surface area contributed by atoms with Gasteiger partial charge in [0.25, 0.3) is 0 Å². The number of benzene rings is 1. The van der Waals surface area contributed by atoms with Crippen LogP contribution in [0.2, 0.25) is 0 Å². The summed E-state index contributed by atoms with van der Waals surface area (Å²) in [5.41, 5.74) is 1.89. The molecule has 3 nitrogen and oxygen atoms in total. The lowest BCUT2D eigenvalue weighted by molar-refractivity contribution is -0.137. The zero-order chi connectivity index (χ0) is 16.8. The third-order valence-electron chi connectivity index (χ3n) is 3.26. The molecule has 24 heavy (non-hydrogen) atoms. The second-order valence-electron chi connectivity index (χ2n) is 4.94. The Kier molecular flexibility index (Phi) is 5.22. The van der Waals surface area contributed by atoms with Crippen molar-refractivity contribution in [3.63, 3.8) is 0 Å². The molecular weight excluding hydrogens is 338 g/mol. The molecule has 0 aliphatic carbocycles. The highest BCUT2D eigenvalue weighted by molar-refractivity contribution is 7.12. The van der Waals surface area contributed by atoms with Crippen molar-refractivity contribution in [3.8, 4) is 6.07 Å². The topological polar surface area (TPSA) is 50.1 Å². The van der Waals surface area contributed by atoms with Crippen LogP contribution < -0.4 is 0 Å². The van der Waals surface area contributed by atoms with E-state index in [9.17, 15) is 4.79 Å². The molecule has 0 radical (unpaired) electrons. The quantitative estimate of drug-likeness (QED) is 0.482. The molecule has 2 aromatic heterocycles. The molecule has 5 heteroatoms. The van der Waals surface area contributed by atoms with Gasteiger partial charge in [0.2, 0.25) is 0 Å². The highest BCUT2D eigenvalue weighted by Crippen LogP contribution is 2.26. The van der Waals surface area contributed by atoms with E-state index >= 15 is 0 Å². The van der Waals surface area contributed by atoms with Crippen molar-refractivity contribution < 1.29 is 9.53 Å². The Bertz CT molecular complexity index is 888. The van der Waals surface area contributed by atoms with E-state index in [1.54, 1.807) is 29.5 Å². The first-order chi connectivity index (χ1) is 11.8. The Morgan fingerprint density at radius 2 is 1.96 bits per heavy atom. The third-order valence-corrected chi connectivity index (χ3v) is 4.98. The largest absolute Gasteiger partial charge is 0.457 e. The molecule has 0 aliphatic rings. The molecule has 118 valence electrons. The van der Waals surface area contributed by atoms with Gasteiger partial charge < -0.3 is 4.74 Å². The van der Waals surface area contributed by atoms with E-state index < -0.39 is 0 Å². The number of esters is 1. The Morgan fingerprint density at radius 3 is 2.67 bits per heavy atom. The molecule has 1 aromatic carbocycles. The molecule has 3 aromatic rings. The number of thiophene rings is 2. The molecule has 0 bridgehead atoms. The highest BCUT2D eigenvalue weighted by atomic mass is 32.1. The van der Waals surface area contributed by atoms with Crippen LogP contribution in [0.5, 0.6) is 0 Å². The number of rotatable bonds is 5. The Hall–Kier alpha value is -2.68. The molecule has 0 saturated carbocycles. The first kappa shape index (κ1) is 16.2. The van der Waals surface area contributed by atoms with Gasteiger partial charge in [-0.25, -0.2) is 4.79 Å². The number of carbonyl (C=O) groups is 1. The molecule has 0 amide bonds. The maximum Gasteiger partial charge on any atom is 0.339 e. The highest BCUT2D eigenvalue weighted by Gasteiger charge is 2.15. The van der Waals surface area contributed by atoms with Gasteiger partial charge in [0, 0.05) is 9.75 Å². The van der Waals surface area contributed by atoms with Crippen LogP contribution in [0, 0.1) is 11.3 Å². The van der Waals surface area contributed by atoms with Crippen molar-refractivity contribution >= 4 is 40.3 Å². The van der Waals surface area contributed by atoms with Gasteiger partial charge >= 0.3 is 5.97 Å². The SMILES string of the molecule is N#Cc1cccc(COC(=O)/C(=C/c2cccs2)c2cccs2)c1. The monoisotopic (exact) mass is 351 g/mol. The standard InChI is InChI=1S/C19H13NO2S2/c20-12-14-4-1-5-15(10-14)13-22-19(21)17(18-7-3-9-24-18)11-16-6-2-8-23-16/h1-11H,13H2/b17-11+. The summed E-state index contributed by atoms with van der Waals surface area (Å²) in [5.74, 6) is -0.367. The molecule has 0 aliphatic heterocycles. The van der Waals surface area contributed by atoms with Crippen molar-refractivity contribution in [1.82, 2.24) is 0 Å². The Morgan fingerprint density at radius 1 is 1.12 bits per heavy atom. The number of nitriles is 1. The molecule has 2 heterocycles. The van der Waals surface area contributed by atoms with Gasteiger partial charge in [-0.3, -0.25) is 0 Å². The number of nitrogens with zero attached hydrogens (tertiary/aromatic N) is 1. The molecule has 0 N–H and O–H groups in total. The van der Waals surface area contributed by atoms with E-state index in [1.807, 2.05) is 47.2 Å². The summed E-state index contributed by atoms with van der Waals surface area (Å²) in [6.45, 7) is 0.140. The summed E-state index contributed by atoms with van der Waals surface area (Å²) in [4.78, 5) is 14.4. The van der Waals surface area contributed by atoms with Gasteiger partial charge in [-0.1, -0.05) is 24.3 Å². The van der Waals surface area contributed by atoms with E-state index in [0.29, 0.717) is 11.1 Å². The van der Waals surface area contributed by atoms with Gasteiger partial charge in [-0.15, -0.1) is 22.7 Å². The minimum atomic E-state index is -0.367. The van der Waals surface area contributed by atoms with Crippen molar-refractivity contribution in [2.75, 3.05) is 0 Å². The van der Waals surface area contributed by atoms with Gasteiger partial charge in [0.1, 0.15) is 6.61 Å². The van der Waals surface area contributed by atoms with E-state index in [4.69, 9.17) is 10.00 Å². The molecular formula is C19H13NO2S2. The maximum atomic E-state index is 12.6. The van der Waals surface area contributed by atoms with Crippen LogP contribution >= 0.6 is 22.7 Å². The lowest BCUT2D eigenvalue weighted by Crippen LogP contribution is -2.06. The fraction of sp³-hybridized carbons (Fsp3) is 0.0526. The summed E-state index contributed by atoms with van der Waals surface area (Å²) in [5, 5.41) is 12.8. The molecule has 0 atom stereocenters. The number of carbonyl (C=O) groups excluding carboxylic acids is 1. The maximum absolute atomic E-state index is 12.6. The molecule has 0 fully saturated rings. The van der Waals surface area contributed by atoms with E-state index in [2.05, 4.69) is 6.07 Å². The molecule has 0 saturated heterocycles. The number of hydrogen-bond acceptors (Lipinski definition) is 5. The summed E-state index contributed by atoms with van der Waals surface area (Å²) < 4.78 is 5.46. The van der Waals surface area contributed by atoms with Crippen molar-refractivity contribution in [2.45, 2.75) is 6.61 Å². The van der Waals surface area contributed by atoms with Crippen LogP contribution in [0.3, 0.4) is 0 Å². The van der Waals surface area contributed by atoms with Crippen LogP contribution in [0.4, 0.5) is 0 Å². The first-order valence-electron chi connectivity index (χ1n) is 7.21. The van der Waals surface area contributed by atoms with Gasteiger partial charge in [0.05, 0.1) is 17.2 Å². The summed E-state index contributed by atoms with van der Waals surface area (Å²) in [6, 6.07) is 16.9. The van der Waals surface area contributed by atoms with Crippen LogP contribution in [-0.2, 0) is 16.1 Å². The minimum Gasteiger partial charge on any atom is -0.457 e. The average Bonchev–Trinajstić information content (AvgIpc) is 3.31. The molecule has 0 spiro atoms. The Labute approximate surface area is 148 Å². The fourth-order valence-electron chi connectivity index (χ4n) is 2.14. The summed E-state index contributed by atoms with van der Waals surface area (Å²) in [7, 11) is 0. The van der Waals surface area contributed by atoms with Crippen molar-refractivity contribution in [1.29, 1.82) is 5.26 Å². The predicted molar refractivity (Wildman–Crippen MR) is 97.5 cm³/mol. The van der Waals surface area contributed by atoms with Gasteiger partial charge in [-0.2, -0.15) is 5.26 Å². The number of hydrogen-bond donors (Lipinski definition) is 0. The fourth-order valence-corrected chi connectivity index (χ4v) is 3.52. The zero-order valence-electron chi connectivity index (χ0n) is 12.6. The number of ether oxygens (including phenoxy) is 1. The van der Waals surface area contributed by atoms with Crippen LogP contribution in [-0.4, -0.2) is 5.97 Å². The zero-order valence-corrected chi connectivity index (χ0v) is 14.3. The summed E-state index contributed by atoms with van der Waals surface area (Å²) in [6.07, 6.45) is 1.85. The van der Waals surface area contributed by atoms with Crippen molar-refractivity contribution in [2.24, 2.45) is 0 Å². The first-order valence-corrected chi connectivity index (χ1v) is 8.97. The van der Waals surface area contributed by atoms with Gasteiger partial charge in [0.15, 0.2) is 0 Å². The van der Waals surface area contributed by atoms with Crippen molar-refractivity contribution in [3.05, 3.63) is 80.2 Å². The van der Waals surface area contributed by atoms with Gasteiger partial charge in [-0.05, 0) is 46.7 Å². The third kappa shape index (κ3) is 3.99. The smallest absolute Gasteiger partial charge is 0.339 e. The second-order valence-corrected chi connectivity index (χ2v) is 6.87. The molecule has 3 rings (SSSR count). The van der Waals surface area contributed by atoms with Crippen LogP contribution in [0.25, 0.3) is 11.6 Å². The van der Waals surface area contributed by atoms with E-state index in [0.717, 1.165) is 15.3 Å². The van der Waals surface area contributed by atoms with Crippen LogP contribution in [0.1, 0.15) is 20.9 Å². The van der Waals surface area contributed by atoms with E-state index in [-0.39, 0.29) is 12.6 Å². The average molecular weight is 351 g/mol. The lowest BCUT2D eigenvalue weighted by Gasteiger charge is -2.07. The lowest BCUT2D eigenvalue weighted by atomic mass is 10.1. The van der Waals surface area contributed by atoms with E-state index in [1.165, 1.54) is 11.3 Å². The van der Waals surface area contributed by atoms with Crippen LogP contribution in [0.15, 0.2) is 59.3 Å². The second kappa shape index (κ2) is 7.73. The normalized spacial score (nSPS) is 11.0. The molecule has 0 unspecified atom stereocenters.